The summed E-state index contributed by atoms with van der Waals surface area (Å²) in [6, 6.07) is 8.38. The molecule has 1 fully saturated rings. The van der Waals surface area contributed by atoms with Crippen LogP contribution in [0.4, 0.5) is 30.7 Å². The third kappa shape index (κ3) is 5.82. The second-order valence-electron chi connectivity index (χ2n) is 11.6. The van der Waals surface area contributed by atoms with Crippen LogP contribution in [0.25, 0.3) is 22.2 Å². The number of pyridine rings is 2. The molecule has 1 aliphatic carbocycles. The van der Waals surface area contributed by atoms with E-state index in [1.54, 1.807) is 0 Å². The molecular weight excluding hydrogens is 639 g/mol. The zero-order valence-electron chi connectivity index (χ0n) is 24.3. The summed E-state index contributed by atoms with van der Waals surface area (Å²) in [4.78, 5) is 21.3. The van der Waals surface area contributed by atoms with Crippen LogP contribution >= 0.6 is 0 Å². The monoisotopic (exact) mass is 665 g/mol. The fraction of sp³-hybridized carbons (Fsp3) is 0.344. The molecule has 0 spiro atoms. The number of fused-ring (bicyclic) bond motifs is 2. The minimum absolute atomic E-state index is 0.0361. The Morgan fingerprint density at radius 2 is 1.74 bits per heavy atom. The van der Waals surface area contributed by atoms with Crippen molar-refractivity contribution in [2.45, 2.75) is 42.7 Å². The van der Waals surface area contributed by atoms with Crippen LogP contribution in [0.2, 0.25) is 0 Å². The van der Waals surface area contributed by atoms with Crippen LogP contribution in [0, 0.1) is 11.6 Å². The van der Waals surface area contributed by atoms with E-state index < -0.39 is 73.5 Å². The molecule has 2 aromatic heterocycles. The van der Waals surface area contributed by atoms with Gasteiger partial charge in [-0.15, -0.1) is 0 Å². The zero-order chi connectivity index (χ0) is 33.7. The van der Waals surface area contributed by atoms with Gasteiger partial charge in [0.2, 0.25) is 5.60 Å². The molecule has 1 saturated carbocycles. The summed E-state index contributed by atoms with van der Waals surface area (Å²) in [7, 11) is 0. The fourth-order valence-electron chi connectivity index (χ4n) is 5.24. The van der Waals surface area contributed by atoms with E-state index >= 15 is 0 Å². The Morgan fingerprint density at radius 3 is 2.36 bits per heavy atom. The number of aromatic nitrogens is 2. The van der Waals surface area contributed by atoms with E-state index in [0.29, 0.717) is 18.9 Å². The second kappa shape index (κ2) is 11.9. The summed E-state index contributed by atoms with van der Waals surface area (Å²) < 4.78 is 112. The third-order valence-corrected chi connectivity index (χ3v) is 8.20. The smallest absolute Gasteiger partial charge is 0.424 e. The van der Waals surface area contributed by atoms with Crippen LogP contribution in [0.1, 0.15) is 40.2 Å². The van der Waals surface area contributed by atoms with Gasteiger partial charge in [0.15, 0.2) is 0 Å². The number of halogens is 7. The first-order chi connectivity index (χ1) is 22.3. The quantitative estimate of drug-likeness (QED) is 0.196. The minimum Gasteiger partial charge on any atom is -0.490 e. The van der Waals surface area contributed by atoms with Gasteiger partial charge in [-0.25, -0.2) is 27.5 Å². The van der Waals surface area contributed by atoms with Crippen LogP contribution in [0.3, 0.4) is 0 Å². The van der Waals surface area contributed by atoms with E-state index in [1.165, 1.54) is 18.2 Å². The molecule has 0 bridgehead atoms. The van der Waals surface area contributed by atoms with Crippen molar-refractivity contribution in [3.63, 3.8) is 0 Å². The van der Waals surface area contributed by atoms with Gasteiger partial charge in [-0.2, -0.15) is 13.2 Å². The van der Waals surface area contributed by atoms with Gasteiger partial charge in [0.1, 0.15) is 60.0 Å². The molecule has 6 rings (SSSR count). The number of benzene rings is 2. The molecule has 8 nitrogen and oxygen atoms in total. The highest BCUT2D eigenvalue weighted by molar-refractivity contribution is 6.00. The van der Waals surface area contributed by atoms with Crippen molar-refractivity contribution in [1.29, 1.82) is 0 Å². The molecular formula is C32H26F7N3O5. The van der Waals surface area contributed by atoms with E-state index in [4.69, 9.17) is 9.47 Å². The minimum atomic E-state index is -5.49. The number of alkyl halides is 5. The molecule has 3 N–H and O–H groups in total. The first kappa shape index (κ1) is 32.4. The van der Waals surface area contributed by atoms with Crippen molar-refractivity contribution in [3.05, 3.63) is 82.7 Å². The molecule has 1 atom stereocenters. The molecule has 15 heteroatoms. The third-order valence-electron chi connectivity index (χ3n) is 8.20. The average Bonchev–Trinajstić information content (AvgIpc) is 3.79. The maximum atomic E-state index is 14.7. The largest absolute Gasteiger partial charge is 0.490 e. The molecule has 1 aliphatic heterocycles. The van der Waals surface area contributed by atoms with Crippen molar-refractivity contribution < 1.29 is 55.2 Å². The maximum absolute atomic E-state index is 14.7. The SMILES string of the molecule is O=C(NC[C@](O)(c1cc2c(c(-c3ccc(F)cc3)n1)OCC2(CF)CF)C(F)(F)F)c1cc(OC2CC2)c2nc(CO)c(F)cc2c1. The maximum Gasteiger partial charge on any atom is 0.424 e. The summed E-state index contributed by atoms with van der Waals surface area (Å²) in [6.45, 7) is -5.50. The van der Waals surface area contributed by atoms with Gasteiger partial charge in [-0.1, -0.05) is 0 Å². The predicted molar refractivity (Wildman–Crippen MR) is 152 cm³/mol. The predicted octanol–water partition coefficient (Wildman–Crippen LogP) is 5.36. The van der Waals surface area contributed by atoms with Crippen molar-refractivity contribution in [3.8, 4) is 22.8 Å². The van der Waals surface area contributed by atoms with E-state index in [-0.39, 0.29) is 56.6 Å². The normalized spacial score (nSPS) is 16.8. The van der Waals surface area contributed by atoms with Gasteiger partial charge >= 0.3 is 6.18 Å². The molecule has 3 heterocycles. The van der Waals surface area contributed by atoms with Gasteiger partial charge in [-0.3, -0.25) is 4.79 Å². The molecule has 2 aliphatic rings. The number of amides is 1. The number of carbonyl (C=O) groups excluding carboxylic acids is 1. The highest BCUT2D eigenvalue weighted by atomic mass is 19.4. The van der Waals surface area contributed by atoms with Crippen molar-refractivity contribution in [2.75, 3.05) is 26.5 Å². The highest BCUT2D eigenvalue weighted by Gasteiger charge is 2.57. The number of aliphatic hydroxyl groups is 2. The summed E-state index contributed by atoms with van der Waals surface area (Å²) in [5.74, 6) is -2.87. The Balaban J connectivity index is 1.40. The summed E-state index contributed by atoms with van der Waals surface area (Å²) in [6.07, 6.45) is -4.33. The molecule has 0 radical (unpaired) electrons. The first-order valence-electron chi connectivity index (χ1n) is 14.4. The number of hydrogen-bond donors (Lipinski definition) is 3. The van der Waals surface area contributed by atoms with Gasteiger partial charge in [0, 0.05) is 22.1 Å². The zero-order valence-corrected chi connectivity index (χ0v) is 24.3. The van der Waals surface area contributed by atoms with Gasteiger partial charge in [-0.05, 0) is 61.4 Å². The van der Waals surface area contributed by atoms with Crippen LogP contribution in [0.15, 0.2) is 48.5 Å². The molecule has 248 valence electrons. The molecule has 4 aromatic rings. The van der Waals surface area contributed by atoms with Gasteiger partial charge in [0.05, 0.1) is 30.4 Å². The lowest BCUT2D eigenvalue weighted by atomic mass is 9.82. The standard InChI is InChI=1S/C32H26F7N3O5/c33-12-30(13-34)15-46-28-21(30)10-25(42-27(28)16-1-3-19(35)4-2-16)31(45,32(37,38)39)14-40-29(44)18-7-17-8-22(36)23(11-43)41-26(17)24(9-18)47-20-5-6-20/h1-4,7-10,20,43,45H,5-6,11-15H2,(H,40,44)/t31-/m0/s1. The first-order valence-corrected chi connectivity index (χ1v) is 14.4. The number of aliphatic hydroxyl groups excluding tert-OH is 1. The number of rotatable bonds is 10. The lowest BCUT2D eigenvalue weighted by molar-refractivity contribution is -0.265. The van der Waals surface area contributed by atoms with Gasteiger partial charge in [0.25, 0.3) is 5.91 Å². The molecule has 0 unspecified atom stereocenters. The number of nitrogens with zero attached hydrogens (tertiary/aromatic N) is 2. The molecule has 2 aromatic carbocycles. The number of ether oxygens (including phenoxy) is 2. The number of hydrogen-bond acceptors (Lipinski definition) is 7. The Kier molecular flexibility index (Phi) is 8.24. The van der Waals surface area contributed by atoms with Crippen molar-refractivity contribution >= 4 is 16.8 Å². The Hall–Kier alpha value is -4.50. The van der Waals surface area contributed by atoms with Crippen molar-refractivity contribution in [1.82, 2.24) is 15.3 Å². The van der Waals surface area contributed by atoms with Crippen LogP contribution in [0.5, 0.6) is 11.5 Å². The van der Waals surface area contributed by atoms with Gasteiger partial charge < -0.3 is 25.0 Å². The van der Waals surface area contributed by atoms with E-state index in [9.17, 15) is 45.7 Å². The topological polar surface area (TPSA) is 114 Å². The molecule has 0 saturated heterocycles. The van der Waals surface area contributed by atoms with Crippen LogP contribution in [-0.2, 0) is 17.6 Å². The van der Waals surface area contributed by atoms with E-state index in [0.717, 1.165) is 24.3 Å². The van der Waals surface area contributed by atoms with Crippen LogP contribution < -0.4 is 14.8 Å². The Bertz CT molecular complexity index is 1850. The van der Waals surface area contributed by atoms with E-state index in [1.807, 2.05) is 5.32 Å². The second-order valence-corrected chi connectivity index (χ2v) is 11.6. The number of carbonyl (C=O) groups is 1. The summed E-state index contributed by atoms with van der Waals surface area (Å²) in [5, 5.41) is 22.8. The molecule has 47 heavy (non-hydrogen) atoms. The Labute approximate surface area is 262 Å². The lowest BCUT2D eigenvalue weighted by Gasteiger charge is -2.31. The summed E-state index contributed by atoms with van der Waals surface area (Å²) in [5.41, 5.74) is -8.03. The Morgan fingerprint density at radius 1 is 1.04 bits per heavy atom. The average molecular weight is 666 g/mol. The van der Waals surface area contributed by atoms with Crippen molar-refractivity contribution in [2.24, 2.45) is 0 Å². The molecule has 1 amide bonds. The van der Waals surface area contributed by atoms with Crippen LogP contribution in [-0.4, -0.2) is 64.9 Å². The highest BCUT2D eigenvalue weighted by Crippen LogP contribution is 2.48. The van der Waals surface area contributed by atoms with E-state index in [2.05, 4.69) is 9.97 Å². The summed E-state index contributed by atoms with van der Waals surface area (Å²) >= 11 is 0. The fourth-order valence-corrected chi connectivity index (χ4v) is 5.24. The number of nitrogens with one attached hydrogen (secondary N) is 1. The lowest BCUT2D eigenvalue weighted by Crippen LogP contribution is -2.51.